The molecule has 3 rings (SSSR count). The number of ether oxygens (including phenoxy) is 1. The molecule has 3 nitrogen and oxygen atoms in total. The van der Waals surface area contributed by atoms with Crippen molar-refractivity contribution >= 4 is 29.2 Å². The minimum atomic E-state index is -0.826. The topological polar surface area (TPSA) is 46.5 Å². The standard InChI is InChI=1S/C22H22Cl2O3/c23-19-8-4-15(5-9-19)12-17-2-1-3-18(17)14-27-20-10-6-16(21(24)13-20)7-11-22(25)26/h4-6,8-10,13H,1-3,7,11-12,14H2,(H,25,26). The molecule has 2 aromatic carbocycles. The molecule has 5 heteroatoms. The van der Waals surface area contributed by atoms with Crippen molar-refractivity contribution in [2.75, 3.05) is 6.61 Å². The Morgan fingerprint density at radius 2 is 1.78 bits per heavy atom. The lowest BCUT2D eigenvalue weighted by Gasteiger charge is -2.12. The summed E-state index contributed by atoms with van der Waals surface area (Å²) in [4.78, 5) is 10.7. The molecular formula is C22H22Cl2O3. The van der Waals surface area contributed by atoms with Gasteiger partial charge in [-0.05, 0) is 73.1 Å². The van der Waals surface area contributed by atoms with Gasteiger partial charge in [0.1, 0.15) is 12.4 Å². The second-order valence-corrected chi connectivity index (χ2v) is 7.64. The van der Waals surface area contributed by atoms with Gasteiger partial charge in [0.15, 0.2) is 0 Å². The Labute approximate surface area is 169 Å². The second kappa shape index (κ2) is 9.29. The highest BCUT2D eigenvalue weighted by Gasteiger charge is 2.16. The number of halogens is 2. The number of carboxylic acids is 1. The van der Waals surface area contributed by atoms with E-state index in [1.807, 2.05) is 24.3 Å². The Bertz CT molecular complexity index is 841. The van der Waals surface area contributed by atoms with Gasteiger partial charge in [-0.15, -0.1) is 0 Å². The van der Waals surface area contributed by atoms with Gasteiger partial charge < -0.3 is 9.84 Å². The number of carbonyl (C=O) groups is 1. The van der Waals surface area contributed by atoms with Crippen molar-refractivity contribution in [3.8, 4) is 5.75 Å². The van der Waals surface area contributed by atoms with Crippen LogP contribution in [0, 0.1) is 0 Å². The first-order chi connectivity index (χ1) is 13.0. The van der Waals surface area contributed by atoms with Gasteiger partial charge in [0.25, 0.3) is 0 Å². The lowest BCUT2D eigenvalue weighted by Crippen LogP contribution is -2.03. The van der Waals surface area contributed by atoms with Crippen molar-refractivity contribution < 1.29 is 14.6 Å². The Morgan fingerprint density at radius 3 is 2.48 bits per heavy atom. The number of carboxylic acid groups (broad SMARTS) is 1. The molecule has 0 aliphatic heterocycles. The Morgan fingerprint density at radius 1 is 1.04 bits per heavy atom. The molecule has 0 heterocycles. The monoisotopic (exact) mass is 404 g/mol. The van der Waals surface area contributed by atoms with E-state index in [1.54, 1.807) is 6.07 Å². The normalized spacial score (nSPS) is 13.9. The number of hydrogen-bond acceptors (Lipinski definition) is 2. The Kier molecular flexibility index (Phi) is 6.81. The summed E-state index contributed by atoms with van der Waals surface area (Å²) in [5.41, 5.74) is 4.90. The van der Waals surface area contributed by atoms with E-state index >= 15 is 0 Å². The first-order valence-electron chi connectivity index (χ1n) is 9.08. The van der Waals surface area contributed by atoms with E-state index in [4.69, 9.17) is 33.0 Å². The third-order valence-electron chi connectivity index (χ3n) is 4.83. The van der Waals surface area contributed by atoms with Crippen LogP contribution in [0.5, 0.6) is 5.75 Å². The van der Waals surface area contributed by atoms with Gasteiger partial charge in [0, 0.05) is 16.5 Å². The summed E-state index contributed by atoms with van der Waals surface area (Å²) in [6.45, 7) is 0.563. The highest BCUT2D eigenvalue weighted by Crippen LogP contribution is 2.30. The predicted octanol–water partition coefficient (Wildman–Crippen LogP) is 6.11. The van der Waals surface area contributed by atoms with Crippen LogP contribution in [0.3, 0.4) is 0 Å². The molecule has 1 aliphatic rings. The van der Waals surface area contributed by atoms with Crippen molar-refractivity contribution in [1.82, 2.24) is 0 Å². The van der Waals surface area contributed by atoms with E-state index in [0.717, 1.165) is 36.3 Å². The fourth-order valence-corrected chi connectivity index (χ4v) is 3.73. The first kappa shape index (κ1) is 19.8. The van der Waals surface area contributed by atoms with Crippen LogP contribution in [0.15, 0.2) is 53.6 Å². The van der Waals surface area contributed by atoms with Crippen LogP contribution in [-0.2, 0) is 17.6 Å². The summed E-state index contributed by atoms with van der Waals surface area (Å²) in [5, 5.41) is 10.1. The number of rotatable bonds is 8. The molecule has 0 spiro atoms. The summed E-state index contributed by atoms with van der Waals surface area (Å²) in [5.74, 6) is -0.114. The van der Waals surface area contributed by atoms with Gasteiger partial charge in [-0.1, -0.05) is 47.0 Å². The van der Waals surface area contributed by atoms with Crippen LogP contribution in [0.4, 0.5) is 0 Å². The Hall–Kier alpha value is -1.97. The zero-order chi connectivity index (χ0) is 19.2. The largest absolute Gasteiger partial charge is 0.489 e. The lowest BCUT2D eigenvalue weighted by molar-refractivity contribution is -0.136. The fraction of sp³-hybridized carbons (Fsp3) is 0.318. The average Bonchev–Trinajstić information content (AvgIpc) is 3.08. The number of aryl methyl sites for hydroxylation is 1. The molecule has 0 fully saturated rings. The number of hydrogen-bond donors (Lipinski definition) is 1. The van der Waals surface area contributed by atoms with E-state index in [2.05, 4.69) is 12.1 Å². The third-order valence-corrected chi connectivity index (χ3v) is 5.44. The van der Waals surface area contributed by atoms with Crippen LogP contribution in [-0.4, -0.2) is 17.7 Å². The second-order valence-electron chi connectivity index (χ2n) is 6.80. The maximum absolute atomic E-state index is 10.7. The summed E-state index contributed by atoms with van der Waals surface area (Å²) in [6.07, 6.45) is 4.76. The van der Waals surface area contributed by atoms with E-state index in [0.29, 0.717) is 23.8 Å². The number of benzene rings is 2. The van der Waals surface area contributed by atoms with Gasteiger partial charge in [0.2, 0.25) is 0 Å². The molecule has 0 atom stereocenters. The van der Waals surface area contributed by atoms with Crippen LogP contribution in [0.25, 0.3) is 0 Å². The van der Waals surface area contributed by atoms with Crippen molar-refractivity contribution in [3.05, 3.63) is 74.8 Å². The summed E-state index contributed by atoms with van der Waals surface area (Å²) in [6, 6.07) is 13.5. The van der Waals surface area contributed by atoms with Crippen molar-refractivity contribution in [2.24, 2.45) is 0 Å². The summed E-state index contributed by atoms with van der Waals surface area (Å²) >= 11 is 12.2. The molecule has 0 amide bonds. The SMILES string of the molecule is O=C(O)CCc1ccc(OCC2=C(Cc3ccc(Cl)cc3)CCC2)cc1Cl. The van der Waals surface area contributed by atoms with E-state index < -0.39 is 5.97 Å². The average molecular weight is 405 g/mol. The van der Waals surface area contributed by atoms with Crippen LogP contribution in [0.1, 0.15) is 36.8 Å². The fourth-order valence-electron chi connectivity index (χ4n) is 3.34. The number of allylic oxidation sites excluding steroid dienone is 1. The van der Waals surface area contributed by atoms with Crippen molar-refractivity contribution in [1.29, 1.82) is 0 Å². The van der Waals surface area contributed by atoms with Gasteiger partial charge in [-0.25, -0.2) is 0 Å². The molecule has 1 aliphatic carbocycles. The molecule has 142 valence electrons. The van der Waals surface area contributed by atoms with E-state index in [9.17, 15) is 4.79 Å². The third kappa shape index (κ3) is 5.75. The molecule has 27 heavy (non-hydrogen) atoms. The summed E-state index contributed by atoms with van der Waals surface area (Å²) in [7, 11) is 0. The minimum absolute atomic E-state index is 0.0703. The van der Waals surface area contributed by atoms with Gasteiger partial charge in [-0.2, -0.15) is 0 Å². The molecule has 0 saturated carbocycles. The highest BCUT2D eigenvalue weighted by molar-refractivity contribution is 6.31. The van der Waals surface area contributed by atoms with Crippen molar-refractivity contribution in [2.45, 2.75) is 38.5 Å². The molecule has 0 radical (unpaired) electrons. The molecule has 2 aromatic rings. The highest BCUT2D eigenvalue weighted by atomic mass is 35.5. The predicted molar refractivity (Wildman–Crippen MR) is 109 cm³/mol. The molecule has 1 N–H and O–H groups in total. The summed E-state index contributed by atoms with van der Waals surface area (Å²) < 4.78 is 5.96. The van der Waals surface area contributed by atoms with Gasteiger partial charge in [0.05, 0.1) is 0 Å². The smallest absolute Gasteiger partial charge is 0.303 e. The lowest BCUT2D eigenvalue weighted by atomic mass is 10.0. The maximum Gasteiger partial charge on any atom is 0.303 e. The van der Waals surface area contributed by atoms with E-state index in [1.165, 1.54) is 16.7 Å². The number of aliphatic carboxylic acids is 1. The van der Waals surface area contributed by atoms with Gasteiger partial charge >= 0.3 is 5.97 Å². The zero-order valence-corrected chi connectivity index (χ0v) is 16.5. The zero-order valence-electron chi connectivity index (χ0n) is 15.0. The first-order valence-corrected chi connectivity index (χ1v) is 9.84. The molecule has 0 bridgehead atoms. The Balaban J connectivity index is 1.61. The van der Waals surface area contributed by atoms with Crippen molar-refractivity contribution in [3.63, 3.8) is 0 Å². The quantitative estimate of drug-likeness (QED) is 0.539. The maximum atomic E-state index is 10.7. The van der Waals surface area contributed by atoms with Crippen LogP contribution < -0.4 is 4.74 Å². The van der Waals surface area contributed by atoms with Crippen LogP contribution >= 0.6 is 23.2 Å². The minimum Gasteiger partial charge on any atom is -0.489 e. The molecule has 0 saturated heterocycles. The molecular weight excluding hydrogens is 383 g/mol. The molecule has 0 aromatic heterocycles. The molecule has 0 unspecified atom stereocenters. The van der Waals surface area contributed by atoms with Gasteiger partial charge in [-0.3, -0.25) is 4.79 Å². The van der Waals surface area contributed by atoms with E-state index in [-0.39, 0.29) is 6.42 Å². The van der Waals surface area contributed by atoms with Crippen LogP contribution in [0.2, 0.25) is 10.0 Å².